The minimum Gasteiger partial charge on any atom is -0.329 e. The maximum atomic E-state index is 13.5. The summed E-state index contributed by atoms with van der Waals surface area (Å²) in [4.78, 5) is 28.6. The van der Waals surface area contributed by atoms with Crippen LogP contribution in [0.5, 0.6) is 0 Å². The van der Waals surface area contributed by atoms with Gasteiger partial charge in [0.2, 0.25) is 5.91 Å². The minimum absolute atomic E-state index is 0.0109. The molecule has 1 N–H and O–H groups in total. The molecule has 0 unspecified atom stereocenters. The van der Waals surface area contributed by atoms with Gasteiger partial charge < -0.3 is 10.2 Å². The summed E-state index contributed by atoms with van der Waals surface area (Å²) in [7, 11) is 0. The molecule has 0 bridgehead atoms. The summed E-state index contributed by atoms with van der Waals surface area (Å²) in [5.74, 6) is 0.269. The van der Waals surface area contributed by atoms with Crippen LogP contribution in [0.4, 0.5) is 5.82 Å². The van der Waals surface area contributed by atoms with Crippen LogP contribution in [-0.2, 0) is 16.6 Å². The van der Waals surface area contributed by atoms with Gasteiger partial charge in [-0.3, -0.25) is 9.59 Å². The Morgan fingerprint density at radius 2 is 1.62 bits per heavy atom. The summed E-state index contributed by atoms with van der Waals surface area (Å²) in [6, 6.07) is 16.0. The van der Waals surface area contributed by atoms with Gasteiger partial charge in [0.05, 0.1) is 11.4 Å². The fourth-order valence-electron chi connectivity index (χ4n) is 4.60. The first-order chi connectivity index (χ1) is 18.5. The highest BCUT2D eigenvalue weighted by Gasteiger charge is 2.24. The normalized spacial score (nSPS) is 11.5. The fraction of sp³-hybridized carbons (Fsp3) is 0.485. The van der Waals surface area contributed by atoms with Gasteiger partial charge in [0.15, 0.2) is 0 Å². The van der Waals surface area contributed by atoms with Crippen LogP contribution in [-0.4, -0.2) is 39.6 Å². The number of carbonyl (C=O) groups excluding carboxylic acids is 2. The second-order valence-electron chi connectivity index (χ2n) is 11.6. The van der Waals surface area contributed by atoms with Crippen molar-refractivity contribution in [2.45, 2.75) is 92.4 Å². The first-order valence-corrected chi connectivity index (χ1v) is 14.4. The minimum atomic E-state index is -0.231. The maximum Gasteiger partial charge on any atom is 0.254 e. The van der Waals surface area contributed by atoms with Gasteiger partial charge in [0, 0.05) is 23.6 Å². The molecule has 0 saturated heterocycles. The first-order valence-electron chi connectivity index (χ1n) is 14.4. The van der Waals surface area contributed by atoms with Gasteiger partial charge in [-0.15, -0.1) is 0 Å². The van der Waals surface area contributed by atoms with Gasteiger partial charge in [-0.25, -0.2) is 4.68 Å². The quantitative estimate of drug-likeness (QED) is 0.248. The highest BCUT2D eigenvalue weighted by atomic mass is 16.2. The predicted octanol–water partition coefficient (Wildman–Crippen LogP) is 7.40. The van der Waals surface area contributed by atoms with E-state index in [0.29, 0.717) is 17.9 Å². The van der Waals surface area contributed by atoms with Crippen molar-refractivity contribution >= 4 is 17.6 Å². The van der Waals surface area contributed by atoms with Crippen molar-refractivity contribution in [3.8, 4) is 5.69 Å². The Morgan fingerprint density at radius 3 is 2.23 bits per heavy atom. The Balaban J connectivity index is 1.84. The zero-order valence-electron chi connectivity index (χ0n) is 24.9. The number of rotatable bonds is 12. The lowest BCUT2D eigenvalue weighted by molar-refractivity contribution is -0.117. The van der Waals surface area contributed by atoms with Crippen molar-refractivity contribution < 1.29 is 9.59 Å². The number of unbranched alkanes of at least 4 members (excludes halogenated alkanes) is 3. The molecular formula is C33H46N4O2. The van der Waals surface area contributed by atoms with E-state index < -0.39 is 0 Å². The highest BCUT2D eigenvalue weighted by Crippen LogP contribution is 2.28. The lowest BCUT2D eigenvalue weighted by atomic mass is 9.92. The molecule has 1 aromatic heterocycles. The van der Waals surface area contributed by atoms with Crippen LogP contribution in [0, 0.1) is 13.8 Å². The van der Waals surface area contributed by atoms with Crippen LogP contribution in [0.15, 0.2) is 48.5 Å². The van der Waals surface area contributed by atoms with Crippen LogP contribution in [0.25, 0.3) is 5.69 Å². The summed E-state index contributed by atoms with van der Waals surface area (Å²) in [6.07, 6.45) is 6.20. The molecular weight excluding hydrogens is 484 g/mol. The number of aromatic nitrogens is 2. The topological polar surface area (TPSA) is 67.2 Å². The van der Waals surface area contributed by atoms with Crippen molar-refractivity contribution in [1.82, 2.24) is 14.7 Å². The van der Waals surface area contributed by atoms with Crippen molar-refractivity contribution in [2.75, 3.05) is 18.4 Å². The van der Waals surface area contributed by atoms with Crippen LogP contribution >= 0.6 is 0 Å². The smallest absolute Gasteiger partial charge is 0.254 e. The second-order valence-corrected chi connectivity index (χ2v) is 11.6. The molecule has 0 aliphatic rings. The third-order valence-corrected chi connectivity index (χ3v) is 7.00. The van der Waals surface area contributed by atoms with E-state index in [2.05, 4.69) is 52.9 Å². The average Bonchev–Trinajstić information content (AvgIpc) is 3.30. The van der Waals surface area contributed by atoms with Crippen molar-refractivity contribution in [3.63, 3.8) is 0 Å². The molecule has 39 heavy (non-hydrogen) atoms. The molecule has 0 spiro atoms. The SMILES string of the molecule is CCCCCN(CC(=O)Nc1cc(C(C)(C)C)nn1-c1ccc(C)cc1C)C(=O)c1ccc(CCCC)cc1. The second kappa shape index (κ2) is 13.6. The van der Waals surface area contributed by atoms with E-state index in [0.717, 1.165) is 55.5 Å². The zero-order valence-corrected chi connectivity index (χ0v) is 24.9. The van der Waals surface area contributed by atoms with Crippen molar-refractivity contribution in [1.29, 1.82) is 0 Å². The van der Waals surface area contributed by atoms with E-state index in [1.54, 1.807) is 4.90 Å². The molecule has 3 rings (SSSR count). The summed E-state index contributed by atoms with van der Waals surface area (Å²) >= 11 is 0. The van der Waals surface area contributed by atoms with Gasteiger partial charge in [0.25, 0.3) is 5.91 Å². The number of carbonyl (C=O) groups is 2. The Kier molecular flexibility index (Phi) is 10.5. The zero-order chi connectivity index (χ0) is 28.6. The summed E-state index contributed by atoms with van der Waals surface area (Å²) < 4.78 is 1.81. The third-order valence-electron chi connectivity index (χ3n) is 7.00. The van der Waals surface area contributed by atoms with Crippen LogP contribution in [0.1, 0.15) is 99.5 Å². The molecule has 2 amide bonds. The third kappa shape index (κ3) is 8.29. The van der Waals surface area contributed by atoms with Crippen LogP contribution < -0.4 is 5.32 Å². The molecule has 0 saturated carbocycles. The number of anilines is 1. The van der Waals surface area contributed by atoms with E-state index in [1.807, 2.05) is 54.1 Å². The van der Waals surface area contributed by atoms with Crippen molar-refractivity contribution in [2.24, 2.45) is 0 Å². The number of amides is 2. The molecule has 0 aliphatic carbocycles. The predicted molar refractivity (Wildman–Crippen MR) is 161 cm³/mol. The summed E-state index contributed by atoms with van der Waals surface area (Å²) in [5.41, 5.74) is 5.72. The Bertz CT molecular complexity index is 1250. The highest BCUT2D eigenvalue weighted by molar-refractivity contribution is 5.99. The fourth-order valence-corrected chi connectivity index (χ4v) is 4.60. The molecule has 0 aliphatic heterocycles. The summed E-state index contributed by atoms with van der Waals surface area (Å²) in [6.45, 7) is 15.3. The van der Waals surface area contributed by atoms with Gasteiger partial charge in [-0.05, 0) is 62.4 Å². The van der Waals surface area contributed by atoms with Gasteiger partial charge >= 0.3 is 0 Å². The van der Waals surface area contributed by atoms with E-state index >= 15 is 0 Å². The van der Waals surface area contributed by atoms with E-state index in [4.69, 9.17) is 5.10 Å². The number of hydrogen-bond acceptors (Lipinski definition) is 3. The lowest BCUT2D eigenvalue weighted by Gasteiger charge is -2.22. The number of nitrogens with one attached hydrogen (secondary N) is 1. The number of hydrogen-bond donors (Lipinski definition) is 1. The lowest BCUT2D eigenvalue weighted by Crippen LogP contribution is -2.39. The molecule has 0 atom stereocenters. The van der Waals surface area contributed by atoms with E-state index in [-0.39, 0.29) is 23.8 Å². The molecule has 210 valence electrons. The number of benzene rings is 2. The van der Waals surface area contributed by atoms with E-state index in [1.165, 1.54) is 11.1 Å². The number of aryl methyl sites for hydroxylation is 3. The van der Waals surface area contributed by atoms with Gasteiger partial charge in [-0.2, -0.15) is 5.10 Å². The molecule has 1 heterocycles. The molecule has 0 radical (unpaired) electrons. The van der Waals surface area contributed by atoms with Crippen molar-refractivity contribution in [3.05, 3.63) is 76.5 Å². The molecule has 0 fully saturated rings. The van der Waals surface area contributed by atoms with Crippen LogP contribution in [0.2, 0.25) is 0 Å². The largest absolute Gasteiger partial charge is 0.329 e. The standard InChI is InChI=1S/C33H46N4O2/c1-8-10-12-20-36(32(39)27-17-15-26(16-18-27)13-11-9-2)23-31(38)34-30-22-29(33(5,6)7)35-37(30)28-19-14-24(3)21-25(28)4/h14-19,21-22H,8-13,20,23H2,1-7H3,(H,34,38). The Labute approximate surface area is 234 Å². The molecule has 6 nitrogen and oxygen atoms in total. The van der Waals surface area contributed by atoms with Gasteiger partial charge in [0.1, 0.15) is 12.4 Å². The summed E-state index contributed by atoms with van der Waals surface area (Å²) in [5, 5.41) is 7.94. The molecule has 3 aromatic rings. The van der Waals surface area contributed by atoms with Gasteiger partial charge in [-0.1, -0.05) is 83.7 Å². The van der Waals surface area contributed by atoms with E-state index in [9.17, 15) is 9.59 Å². The number of nitrogens with zero attached hydrogens (tertiary/aromatic N) is 3. The molecule has 6 heteroatoms. The Hall–Kier alpha value is -3.41. The Morgan fingerprint density at radius 1 is 0.923 bits per heavy atom. The van der Waals surface area contributed by atoms with Crippen LogP contribution in [0.3, 0.4) is 0 Å². The maximum absolute atomic E-state index is 13.5. The monoisotopic (exact) mass is 530 g/mol. The average molecular weight is 531 g/mol. The first kappa shape index (κ1) is 30.1. The molecule has 2 aromatic carbocycles.